The molecule has 19 heavy (non-hydrogen) atoms. The second-order valence-electron chi connectivity index (χ2n) is 5.54. The summed E-state index contributed by atoms with van der Waals surface area (Å²) in [7, 11) is 5.89. The third-order valence-electron chi connectivity index (χ3n) is 2.27. The second-order valence-corrected chi connectivity index (χ2v) is 5.54. The first-order valence-electron chi connectivity index (χ1n) is 6.22. The standard InChI is InChI=1S/C15H21N3O/c1-13(10-14-8-6-5-7-9-14)11-16-17-15(19)12-18(2,3)4/h5-11H,12H2,1-4H3/p+1/b13-10-,16-11+. The molecule has 4 heteroatoms. The van der Waals surface area contributed by atoms with E-state index in [-0.39, 0.29) is 5.91 Å². The zero-order valence-corrected chi connectivity index (χ0v) is 12.1. The molecule has 0 spiro atoms. The molecule has 102 valence electrons. The molecular formula is C15H22N3O+. The van der Waals surface area contributed by atoms with Gasteiger partial charge in [-0.25, -0.2) is 5.43 Å². The number of carbonyl (C=O) groups is 1. The Morgan fingerprint density at radius 2 is 1.89 bits per heavy atom. The van der Waals surface area contributed by atoms with Crippen LogP contribution in [0, 0.1) is 0 Å². The van der Waals surface area contributed by atoms with E-state index in [4.69, 9.17) is 0 Å². The van der Waals surface area contributed by atoms with Crippen LogP contribution in [0.5, 0.6) is 0 Å². The number of carbonyl (C=O) groups excluding carboxylic acids is 1. The Labute approximate surface area is 115 Å². The maximum atomic E-state index is 11.5. The number of quaternary nitrogens is 1. The lowest BCUT2D eigenvalue weighted by molar-refractivity contribution is -0.862. The number of hydrazone groups is 1. The van der Waals surface area contributed by atoms with Crippen molar-refractivity contribution in [3.8, 4) is 0 Å². The van der Waals surface area contributed by atoms with Crippen molar-refractivity contribution in [3.05, 3.63) is 41.5 Å². The minimum atomic E-state index is -0.0868. The molecule has 0 saturated carbocycles. The molecule has 1 aromatic rings. The van der Waals surface area contributed by atoms with E-state index in [1.807, 2.05) is 64.5 Å². The van der Waals surface area contributed by atoms with Gasteiger partial charge in [-0.1, -0.05) is 36.4 Å². The van der Waals surface area contributed by atoms with E-state index in [0.29, 0.717) is 11.0 Å². The first-order chi connectivity index (χ1) is 8.87. The summed E-state index contributed by atoms with van der Waals surface area (Å²) in [4.78, 5) is 11.5. The van der Waals surface area contributed by atoms with Crippen molar-refractivity contribution in [1.82, 2.24) is 5.43 Å². The quantitative estimate of drug-likeness (QED) is 0.490. The zero-order valence-electron chi connectivity index (χ0n) is 12.1. The summed E-state index contributed by atoms with van der Waals surface area (Å²) in [5.74, 6) is -0.0868. The monoisotopic (exact) mass is 260 g/mol. The average Bonchev–Trinajstić information content (AvgIpc) is 2.27. The fraction of sp³-hybridized carbons (Fsp3) is 0.333. The van der Waals surface area contributed by atoms with Gasteiger partial charge < -0.3 is 4.48 Å². The summed E-state index contributed by atoms with van der Waals surface area (Å²) in [6.07, 6.45) is 3.66. The molecule has 1 rings (SSSR count). The zero-order chi connectivity index (χ0) is 14.3. The molecule has 0 unspecified atom stereocenters. The van der Waals surface area contributed by atoms with Gasteiger partial charge in [-0.3, -0.25) is 4.79 Å². The van der Waals surface area contributed by atoms with Gasteiger partial charge in [0.25, 0.3) is 5.91 Å². The van der Waals surface area contributed by atoms with Gasteiger partial charge in [-0.2, -0.15) is 5.10 Å². The Balaban J connectivity index is 2.49. The Hall–Kier alpha value is -1.94. The molecule has 0 aliphatic carbocycles. The van der Waals surface area contributed by atoms with Crippen molar-refractivity contribution in [2.24, 2.45) is 5.10 Å². The number of nitrogens with zero attached hydrogens (tertiary/aromatic N) is 2. The van der Waals surface area contributed by atoms with Crippen LogP contribution in [-0.4, -0.2) is 44.3 Å². The smallest absolute Gasteiger partial charge is 0.295 e. The number of hydrogen-bond acceptors (Lipinski definition) is 2. The molecule has 0 aliphatic rings. The molecule has 0 saturated heterocycles. The lowest BCUT2D eigenvalue weighted by Gasteiger charge is -2.21. The van der Waals surface area contributed by atoms with Crippen LogP contribution in [0.4, 0.5) is 0 Å². The summed E-state index contributed by atoms with van der Waals surface area (Å²) < 4.78 is 0.584. The van der Waals surface area contributed by atoms with Gasteiger partial charge in [-0.15, -0.1) is 0 Å². The van der Waals surface area contributed by atoms with E-state index in [1.54, 1.807) is 6.21 Å². The fourth-order valence-electron chi connectivity index (χ4n) is 1.52. The van der Waals surface area contributed by atoms with Crippen molar-refractivity contribution in [2.45, 2.75) is 6.92 Å². The highest BCUT2D eigenvalue weighted by Gasteiger charge is 2.12. The van der Waals surface area contributed by atoms with Gasteiger partial charge in [-0.05, 0) is 18.1 Å². The number of nitrogens with one attached hydrogen (secondary N) is 1. The van der Waals surface area contributed by atoms with Gasteiger partial charge in [0.2, 0.25) is 0 Å². The van der Waals surface area contributed by atoms with Crippen LogP contribution < -0.4 is 5.43 Å². The molecular weight excluding hydrogens is 238 g/mol. The van der Waals surface area contributed by atoms with Crippen molar-refractivity contribution >= 4 is 18.2 Å². The first-order valence-corrected chi connectivity index (χ1v) is 6.22. The second kappa shape index (κ2) is 6.85. The predicted octanol–water partition coefficient (Wildman–Crippen LogP) is 1.90. The van der Waals surface area contributed by atoms with Crippen LogP contribution in [-0.2, 0) is 4.79 Å². The van der Waals surface area contributed by atoms with Crippen LogP contribution in [0.15, 0.2) is 41.0 Å². The van der Waals surface area contributed by atoms with E-state index in [0.717, 1.165) is 11.1 Å². The average molecular weight is 260 g/mol. The van der Waals surface area contributed by atoms with Crippen LogP contribution in [0.3, 0.4) is 0 Å². The van der Waals surface area contributed by atoms with Gasteiger partial charge in [0.05, 0.1) is 27.4 Å². The van der Waals surface area contributed by atoms with Crippen molar-refractivity contribution < 1.29 is 9.28 Å². The topological polar surface area (TPSA) is 41.5 Å². The molecule has 0 heterocycles. The van der Waals surface area contributed by atoms with E-state index in [2.05, 4.69) is 10.5 Å². The number of allylic oxidation sites excluding steroid dienone is 1. The van der Waals surface area contributed by atoms with Crippen LogP contribution in [0.25, 0.3) is 6.08 Å². The Morgan fingerprint density at radius 3 is 2.47 bits per heavy atom. The largest absolute Gasteiger partial charge is 0.323 e. The van der Waals surface area contributed by atoms with Crippen LogP contribution >= 0.6 is 0 Å². The minimum absolute atomic E-state index is 0.0868. The number of likely N-dealkylation sites (N-methyl/N-ethyl adjacent to an activating group) is 1. The molecule has 0 aliphatic heterocycles. The molecule has 0 atom stereocenters. The molecule has 1 N–H and O–H groups in total. The number of rotatable bonds is 5. The number of benzene rings is 1. The molecule has 0 radical (unpaired) electrons. The summed E-state index contributed by atoms with van der Waals surface area (Å²) in [6.45, 7) is 2.35. The molecule has 0 fully saturated rings. The highest BCUT2D eigenvalue weighted by Crippen LogP contribution is 2.04. The SMILES string of the molecule is CC(=C/c1ccccc1)/C=N/NC(=O)C[N+](C)(C)C. The normalized spacial score (nSPS) is 12.7. The molecule has 4 nitrogen and oxygen atoms in total. The molecule has 0 bridgehead atoms. The molecule has 0 aromatic heterocycles. The van der Waals surface area contributed by atoms with Crippen molar-refractivity contribution in [1.29, 1.82) is 0 Å². The lowest BCUT2D eigenvalue weighted by Crippen LogP contribution is -2.43. The Bertz CT molecular complexity index is 470. The highest BCUT2D eigenvalue weighted by atomic mass is 16.2. The van der Waals surface area contributed by atoms with E-state index >= 15 is 0 Å². The maximum absolute atomic E-state index is 11.5. The van der Waals surface area contributed by atoms with Gasteiger partial charge in [0.15, 0.2) is 6.54 Å². The predicted molar refractivity (Wildman–Crippen MR) is 79.6 cm³/mol. The molecule has 1 amide bonds. The van der Waals surface area contributed by atoms with Gasteiger partial charge in [0, 0.05) is 0 Å². The van der Waals surface area contributed by atoms with Crippen LogP contribution in [0.1, 0.15) is 12.5 Å². The first kappa shape index (κ1) is 15.1. The van der Waals surface area contributed by atoms with Gasteiger partial charge >= 0.3 is 0 Å². The van der Waals surface area contributed by atoms with Crippen LogP contribution in [0.2, 0.25) is 0 Å². The van der Waals surface area contributed by atoms with E-state index in [9.17, 15) is 4.79 Å². The summed E-state index contributed by atoms with van der Waals surface area (Å²) in [5.41, 5.74) is 4.63. The summed E-state index contributed by atoms with van der Waals surface area (Å²) in [5, 5.41) is 3.95. The fourth-order valence-corrected chi connectivity index (χ4v) is 1.52. The third-order valence-corrected chi connectivity index (χ3v) is 2.27. The molecule has 1 aromatic carbocycles. The Morgan fingerprint density at radius 1 is 1.26 bits per heavy atom. The highest BCUT2D eigenvalue weighted by molar-refractivity contribution is 5.86. The summed E-state index contributed by atoms with van der Waals surface area (Å²) in [6, 6.07) is 9.99. The number of hydrogen-bond donors (Lipinski definition) is 1. The van der Waals surface area contributed by atoms with Crippen molar-refractivity contribution in [3.63, 3.8) is 0 Å². The lowest BCUT2D eigenvalue weighted by atomic mass is 10.1. The Kier molecular flexibility index (Phi) is 5.45. The summed E-state index contributed by atoms with van der Waals surface area (Å²) >= 11 is 0. The minimum Gasteiger partial charge on any atom is -0.323 e. The van der Waals surface area contributed by atoms with Gasteiger partial charge in [0.1, 0.15) is 0 Å². The third kappa shape index (κ3) is 7.16. The van der Waals surface area contributed by atoms with E-state index < -0.39 is 0 Å². The van der Waals surface area contributed by atoms with E-state index in [1.165, 1.54) is 0 Å². The number of amides is 1. The van der Waals surface area contributed by atoms with Crippen molar-refractivity contribution in [2.75, 3.05) is 27.7 Å². The maximum Gasteiger partial charge on any atom is 0.295 e.